The third kappa shape index (κ3) is 8.96. The molecule has 0 aliphatic heterocycles. The number of aromatic nitrogens is 1. The Labute approximate surface area is 218 Å². The van der Waals surface area contributed by atoms with Crippen LogP contribution >= 0.6 is 0 Å². The Kier molecular flexibility index (Phi) is 10.6. The number of sulfonamides is 1. The molecule has 200 valence electrons. The van der Waals surface area contributed by atoms with E-state index < -0.39 is 21.9 Å². The molecule has 0 atom stereocenters. The zero-order valence-electron chi connectivity index (χ0n) is 21.2. The summed E-state index contributed by atoms with van der Waals surface area (Å²) in [4.78, 5) is 40.2. The number of ether oxygens (including phenoxy) is 1. The lowest BCUT2D eigenvalue weighted by Gasteiger charge is -2.20. The molecule has 37 heavy (non-hydrogen) atoms. The molecular formula is C27H35N3O6S. The smallest absolute Gasteiger partial charge is 0.356 e. The van der Waals surface area contributed by atoms with Gasteiger partial charge in [0.15, 0.2) is 0 Å². The summed E-state index contributed by atoms with van der Waals surface area (Å²) in [6, 6.07) is 8.77. The topological polar surface area (TPSA) is 132 Å². The summed E-state index contributed by atoms with van der Waals surface area (Å²) in [5.41, 5.74) is 0.892. The van der Waals surface area contributed by atoms with Gasteiger partial charge >= 0.3 is 5.97 Å². The Morgan fingerprint density at radius 2 is 1.76 bits per heavy atom. The van der Waals surface area contributed by atoms with Crippen LogP contribution in [0.4, 0.5) is 0 Å². The number of pyridine rings is 1. The molecule has 1 saturated carbocycles. The van der Waals surface area contributed by atoms with E-state index in [9.17, 15) is 22.8 Å². The number of esters is 1. The third-order valence-corrected chi connectivity index (χ3v) is 7.72. The Morgan fingerprint density at radius 1 is 1.03 bits per heavy atom. The highest BCUT2D eigenvalue weighted by Gasteiger charge is 2.20. The van der Waals surface area contributed by atoms with Gasteiger partial charge in [-0.25, -0.2) is 22.9 Å². The fraction of sp³-hybridized carbons (Fsp3) is 0.481. The molecule has 10 heteroatoms. The first-order chi connectivity index (χ1) is 17.8. The summed E-state index contributed by atoms with van der Waals surface area (Å²) in [5, 5.41) is 2.93. The maximum absolute atomic E-state index is 12.6. The van der Waals surface area contributed by atoms with Gasteiger partial charge < -0.3 is 10.1 Å². The highest BCUT2D eigenvalue weighted by Crippen LogP contribution is 2.27. The van der Waals surface area contributed by atoms with Gasteiger partial charge in [-0.1, -0.05) is 51.2 Å². The number of amides is 2. The monoisotopic (exact) mass is 529 g/mol. The zero-order chi connectivity index (χ0) is 26.7. The second-order valence-electron chi connectivity index (χ2n) is 9.29. The van der Waals surface area contributed by atoms with E-state index in [1.807, 2.05) is 11.6 Å². The van der Waals surface area contributed by atoms with Gasteiger partial charge in [0.1, 0.15) is 5.69 Å². The van der Waals surface area contributed by atoms with Crippen molar-refractivity contribution in [3.63, 3.8) is 0 Å². The Hall–Kier alpha value is -3.27. The highest BCUT2D eigenvalue weighted by molar-refractivity contribution is 7.90. The molecule has 1 aromatic carbocycles. The SMILES string of the molecule is CCCOC(=O)c1ccc(C(=O)NS(=O)(=O)c2ccc(CCNC(=O)CCC3CCCCC3)cc2)cn1. The summed E-state index contributed by atoms with van der Waals surface area (Å²) in [7, 11) is -4.10. The van der Waals surface area contributed by atoms with Gasteiger partial charge in [0.25, 0.3) is 15.9 Å². The normalized spacial score (nSPS) is 14.1. The van der Waals surface area contributed by atoms with E-state index in [2.05, 4.69) is 10.3 Å². The van der Waals surface area contributed by atoms with E-state index in [4.69, 9.17) is 4.74 Å². The highest BCUT2D eigenvalue weighted by atomic mass is 32.2. The van der Waals surface area contributed by atoms with E-state index >= 15 is 0 Å². The fourth-order valence-corrected chi connectivity index (χ4v) is 5.21. The lowest BCUT2D eigenvalue weighted by atomic mass is 9.86. The molecular weight excluding hydrogens is 494 g/mol. The van der Waals surface area contributed by atoms with Crippen molar-refractivity contribution in [3.05, 3.63) is 59.4 Å². The van der Waals surface area contributed by atoms with Crippen molar-refractivity contribution in [1.82, 2.24) is 15.0 Å². The Bertz CT molecular complexity index is 1160. The molecule has 0 unspecified atom stereocenters. The molecule has 2 amide bonds. The minimum atomic E-state index is -4.10. The molecule has 9 nitrogen and oxygen atoms in total. The minimum absolute atomic E-state index is 0.00790. The first-order valence-corrected chi connectivity index (χ1v) is 14.3. The summed E-state index contributed by atoms with van der Waals surface area (Å²) >= 11 is 0. The van der Waals surface area contributed by atoms with Crippen LogP contribution in [-0.2, 0) is 26.0 Å². The standard InChI is InChI=1S/C27H35N3O6S/c1-2-18-36-27(33)24-14-11-22(19-29-24)26(32)30-37(34,35)23-12-8-21(9-13-23)16-17-28-25(31)15-10-20-6-4-3-5-7-20/h8-9,11-14,19-20H,2-7,10,15-18H2,1H3,(H,28,31)(H,30,32). The van der Waals surface area contributed by atoms with E-state index in [0.29, 0.717) is 31.7 Å². The molecule has 1 fully saturated rings. The number of carbonyl (C=O) groups excluding carboxylic acids is 3. The fourth-order valence-electron chi connectivity index (χ4n) is 4.24. The quantitative estimate of drug-likeness (QED) is 0.400. The van der Waals surface area contributed by atoms with Crippen LogP contribution in [0.2, 0.25) is 0 Å². The first-order valence-electron chi connectivity index (χ1n) is 12.8. The van der Waals surface area contributed by atoms with Crippen molar-refractivity contribution >= 4 is 27.8 Å². The zero-order valence-corrected chi connectivity index (χ0v) is 22.0. The number of rotatable bonds is 12. The van der Waals surface area contributed by atoms with Crippen molar-refractivity contribution in [2.24, 2.45) is 5.92 Å². The van der Waals surface area contributed by atoms with Crippen molar-refractivity contribution < 1.29 is 27.5 Å². The van der Waals surface area contributed by atoms with Crippen molar-refractivity contribution in [1.29, 1.82) is 0 Å². The maximum Gasteiger partial charge on any atom is 0.356 e. The molecule has 1 aromatic heterocycles. The molecule has 2 N–H and O–H groups in total. The van der Waals surface area contributed by atoms with Gasteiger partial charge in [0.05, 0.1) is 17.1 Å². The van der Waals surface area contributed by atoms with Gasteiger partial charge in [-0.15, -0.1) is 0 Å². The predicted octanol–water partition coefficient (Wildman–Crippen LogP) is 3.79. The number of carbonyl (C=O) groups is 3. The largest absolute Gasteiger partial charge is 0.461 e. The number of hydrogen-bond acceptors (Lipinski definition) is 7. The minimum Gasteiger partial charge on any atom is -0.461 e. The number of hydrogen-bond donors (Lipinski definition) is 2. The second-order valence-corrected chi connectivity index (χ2v) is 11.0. The number of benzene rings is 1. The van der Waals surface area contributed by atoms with Crippen LogP contribution in [0.15, 0.2) is 47.5 Å². The molecule has 1 heterocycles. The van der Waals surface area contributed by atoms with E-state index in [1.165, 1.54) is 56.4 Å². The third-order valence-electron chi connectivity index (χ3n) is 6.37. The molecule has 1 aliphatic rings. The summed E-state index contributed by atoms with van der Waals surface area (Å²) < 4.78 is 32.3. The number of nitrogens with zero attached hydrogens (tertiary/aromatic N) is 1. The lowest BCUT2D eigenvalue weighted by molar-refractivity contribution is -0.121. The Balaban J connectivity index is 1.45. The van der Waals surface area contributed by atoms with Crippen molar-refractivity contribution in [2.45, 2.75) is 69.6 Å². The summed E-state index contributed by atoms with van der Waals surface area (Å²) in [6.07, 6.45) is 10.1. The van der Waals surface area contributed by atoms with Gasteiger partial charge in [-0.05, 0) is 55.0 Å². The molecule has 0 saturated heterocycles. The van der Waals surface area contributed by atoms with Crippen LogP contribution in [0, 0.1) is 5.92 Å². The summed E-state index contributed by atoms with van der Waals surface area (Å²) in [5.74, 6) is -0.756. The molecule has 0 bridgehead atoms. The molecule has 3 rings (SSSR count). The molecule has 2 aromatic rings. The van der Waals surface area contributed by atoms with Crippen molar-refractivity contribution in [3.8, 4) is 0 Å². The number of nitrogens with one attached hydrogen (secondary N) is 2. The van der Waals surface area contributed by atoms with Crippen LogP contribution < -0.4 is 10.0 Å². The van der Waals surface area contributed by atoms with Crippen LogP contribution in [0.5, 0.6) is 0 Å². The first kappa shape index (κ1) is 28.3. The molecule has 0 spiro atoms. The van der Waals surface area contributed by atoms with Gasteiger partial charge in [-0.2, -0.15) is 0 Å². The van der Waals surface area contributed by atoms with Crippen LogP contribution in [0.1, 0.15) is 84.7 Å². The average molecular weight is 530 g/mol. The van der Waals surface area contributed by atoms with E-state index in [1.54, 1.807) is 12.1 Å². The molecule has 1 aliphatic carbocycles. The van der Waals surface area contributed by atoms with Gasteiger partial charge in [0.2, 0.25) is 5.91 Å². The van der Waals surface area contributed by atoms with Gasteiger partial charge in [-0.3, -0.25) is 9.59 Å². The maximum atomic E-state index is 12.6. The average Bonchev–Trinajstić information content (AvgIpc) is 2.91. The van der Waals surface area contributed by atoms with Gasteiger partial charge in [0, 0.05) is 19.2 Å². The van der Waals surface area contributed by atoms with Crippen LogP contribution in [0.25, 0.3) is 0 Å². The van der Waals surface area contributed by atoms with E-state index in [0.717, 1.165) is 18.2 Å². The summed E-state index contributed by atoms with van der Waals surface area (Å²) in [6.45, 7) is 2.59. The Morgan fingerprint density at radius 3 is 2.41 bits per heavy atom. The predicted molar refractivity (Wildman–Crippen MR) is 138 cm³/mol. The van der Waals surface area contributed by atoms with Crippen molar-refractivity contribution in [2.75, 3.05) is 13.2 Å². The van der Waals surface area contributed by atoms with E-state index in [-0.39, 0.29) is 28.7 Å². The second kappa shape index (κ2) is 13.9. The van der Waals surface area contributed by atoms with Crippen LogP contribution in [-0.4, -0.2) is 44.3 Å². The lowest BCUT2D eigenvalue weighted by Crippen LogP contribution is -2.30. The van der Waals surface area contributed by atoms with Crippen LogP contribution in [0.3, 0.4) is 0 Å². The molecule has 0 radical (unpaired) electrons.